The minimum Gasteiger partial charge on any atom is -0.399 e. The lowest BCUT2D eigenvalue weighted by molar-refractivity contribution is -0.131. The summed E-state index contributed by atoms with van der Waals surface area (Å²) in [5.41, 5.74) is 5.95. The molecule has 0 saturated heterocycles. The molecule has 106 valence electrons. The fraction of sp³-hybridized carbons (Fsp3) is 0.462. The molecular weight excluding hydrogens is 251 g/mol. The number of benzene rings is 1. The third-order valence-electron chi connectivity index (χ3n) is 2.46. The van der Waals surface area contributed by atoms with Crippen molar-refractivity contribution in [3.63, 3.8) is 0 Å². The Balaban J connectivity index is 2.61. The third kappa shape index (κ3) is 4.84. The van der Waals surface area contributed by atoms with E-state index in [1.807, 2.05) is 0 Å². The lowest BCUT2D eigenvalue weighted by Crippen LogP contribution is -2.32. The maximum Gasteiger partial charge on any atom is 0.253 e. The Morgan fingerprint density at radius 2 is 2.16 bits per heavy atom. The topological polar surface area (TPSA) is 73.6 Å². The molecule has 3 N–H and O–H groups in total. The monoisotopic (exact) mass is 270 g/mol. The third-order valence-corrected chi connectivity index (χ3v) is 2.46. The van der Waals surface area contributed by atoms with Crippen LogP contribution < -0.4 is 11.1 Å². The van der Waals surface area contributed by atoms with Crippen molar-refractivity contribution in [2.24, 2.45) is 0 Å². The van der Waals surface area contributed by atoms with Crippen LogP contribution in [0.2, 0.25) is 0 Å². The van der Waals surface area contributed by atoms with Crippen LogP contribution in [-0.2, 0) is 14.3 Å². The Morgan fingerprint density at radius 1 is 1.47 bits per heavy atom. The first-order valence-corrected chi connectivity index (χ1v) is 5.94. The summed E-state index contributed by atoms with van der Waals surface area (Å²) in [6.45, 7) is 3.75. The van der Waals surface area contributed by atoms with Gasteiger partial charge in [-0.15, -0.1) is 0 Å². The van der Waals surface area contributed by atoms with Crippen LogP contribution in [0.4, 0.5) is 15.8 Å². The van der Waals surface area contributed by atoms with Crippen LogP contribution in [0.25, 0.3) is 0 Å². The molecule has 1 rings (SSSR count). The zero-order valence-electron chi connectivity index (χ0n) is 11.3. The van der Waals surface area contributed by atoms with Gasteiger partial charge in [0.05, 0.1) is 18.4 Å². The highest BCUT2D eigenvalue weighted by atomic mass is 19.1. The number of halogens is 1. The summed E-state index contributed by atoms with van der Waals surface area (Å²) in [6.07, 6.45) is -0.942. The molecule has 0 saturated carbocycles. The molecule has 2 unspecified atom stereocenters. The van der Waals surface area contributed by atoms with E-state index in [0.717, 1.165) is 0 Å². The Bertz CT molecular complexity index is 440. The average Bonchev–Trinajstić information content (AvgIpc) is 2.34. The van der Waals surface area contributed by atoms with Gasteiger partial charge in [0, 0.05) is 12.8 Å². The van der Waals surface area contributed by atoms with E-state index in [1.54, 1.807) is 21.0 Å². The lowest BCUT2D eigenvalue weighted by Gasteiger charge is -2.18. The predicted octanol–water partition coefficient (Wildman–Crippen LogP) is 1.79. The van der Waals surface area contributed by atoms with Gasteiger partial charge in [0.2, 0.25) is 0 Å². The predicted molar refractivity (Wildman–Crippen MR) is 71.3 cm³/mol. The van der Waals surface area contributed by atoms with Gasteiger partial charge in [0.1, 0.15) is 11.9 Å². The molecule has 1 aromatic rings. The van der Waals surface area contributed by atoms with Gasteiger partial charge >= 0.3 is 0 Å². The molecule has 19 heavy (non-hydrogen) atoms. The molecule has 1 aromatic carbocycles. The summed E-state index contributed by atoms with van der Waals surface area (Å²) < 4.78 is 23.8. The van der Waals surface area contributed by atoms with Crippen LogP contribution in [0.3, 0.4) is 0 Å². The second-order valence-corrected chi connectivity index (χ2v) is 4.27. The number of hydrogen-bond acceptors (Lipinski definition) is 4. The zero-order chi connectivity index (χ0) is 14.4. The lowest BCUT2D eigenvalue weighted by atomic mass is 10.2. The van der Waals surface area contributed by atoms with E-state index in [-0.39, 0.29) is 11.8 Å². The largest absolute Gasteiger partial charge is 0.399 e. The van der Waals surface area contributed by atoms with E-state index in [0.29, 0.717) is 12.3 Å². The number of methoxy groups -OCH3 is 1. The first-order chi connectivity index (χ1) is 8.93. The van der Waals surface area contributed by atoms with Crippen molar-refractivity contribution in [3.8, 4) is 0 Å². The number of hydrogen-bond donors (Lipinski definition) is 2. The molecule has 0 aliphatic heterocycles. The van der Waals surface area contributed by atoms with Gasteiger partial charge in [-0.1, -0.05) is 0 Å². The normalized spacial score (nSPS) is 13.9. The molecule has 0 aliphatic carbocycles. The number of ether oxygens (including phenoxy) is 2. The van der Waals surface area contributed by atoms with Gasteiger partial charge in [0.15, 0.2) is 0 Å². The van der Waals surface area contributed by atoms with Crippen molar-refractivity contribution in [3.05, 3.63) is 24.0 Å². The van der Waals surface area contributed by atoms with E-state index >= 15 is 0 Å². The SMILES string of the molecule is COCC(C)OC(C)C(=O)Nc1cc(N)ccc1F. The highest BCUT2D eigenvalue weighted by molar-refractivity contribution is 5.94. The zero-order valence-corrected chi connectivity index (χ0v) is 11.3. The summed E-state index contributed by atoms with van der Waals surface area (Å²) in [5, 5.41) is 2.44. The molecular formula is C13H19FN2O3. The number of nitrogens with one attached hydrogen (secondary N) is 1. The van der Waals surface area contributed by atoms with E-state index in [2.05, 4.69) is 5.32 Å². The van der Waals surface area contributed by atoms with Crippen LogP contribution in [-0.4, -0.2) is 31.8 Å². The number of carbonyl (C=O) groups is 1. The minimum absolute atomic E-state index is 0.0415. The van der Waals surface area contributed by atoms with Gasteiger partial charge in [-0.2, -0.15) is 0 Å². The van der Waals surface area contributed by atoms with Crippen molar-refractivity contribution in [2.45, 2.75) is 26.1 Å². The highest BCUT2D eigenvalue weighted by Gasteiger charge is 2.18. The van der Waals surface area contributed by atoms with Gasteiger partial charge < -0.3 is 20.5 Å². The second-order valence-electron chi connectivity index (χ2n) is 4.27. The average molecular weight is 270 g/mol. The molecule has 0 bridgehead atoms. The van der Waals surface area contributed by atoms with Crippen molar-refractivity contribution in [2.75, 3.05) is 24.8 Å². The Labute approximate surface area is 111 Å². The summed E-state index contributed by atoms with van der Waals surface area (Å²) >= 11 is 0. The van der Waals surface area contributed by atoms with Crippen LogP contribution in [0.1, 0.15) is 13.8 Å². The van der Waals surface area contributed by atoms with Crippen LogP contribution in [0.15, 0.2) is 18.2 Å². The Morgan fingerprint density at radius 3 is 2.79 bits per heavy atom. The fourth-order valence-electron chi connectivity index (χ4n) is 1.56. The van der Waals surface area contributed by atoms with Crippen molar-refractivity contribution in [1.29, 1.82) is 0 Å². The Hall–Kier alpha value is -1.66. The van der Waals surface area contributed by atoms with Crippen molar-refractivity contribution < 1.29 is 18.7 Å². The molecule has 0 spiro atoms. The minimum atomic E-state index is -0.717. The van der Waals surface area contributed by atoms with Gasteiger partial charge in [-0.3, -0.25) is 4.79 Å². The van der Waals surface area contributed by atoms with Gasteiger partial charge in [-0.05, 0) is 32.0 Å². The highest BCUT2D eigenvalue weighted by Crippen LogP contribution is 2.17. The quantitative estimate of drug-likeness (QED) is 0.773. The number of amides is 1. The van der Waals surface area contributed by atoms with E-state index < -0.39 is 17.8 Å². The fourth-order valence-corrected chi connectivity index (χ4v) is 1.56. The summed E-state index contributed by atoms with van der Waals surface area (Å²) in [4.78, 5) is 11.8. The Kier molecular flexibility index (Phi) is 5.72. The summed E-state index contributed by atoms with van der Waals surface area (Å²) in [5.74, 6) is -0.979. The molecule has 2 atom stereocenters. The van der Waals surface area contributed by atoms with E-state index in [4.69, 9.17) is 15.2 Å². The number of nitrogen functional groups attached to an aromatic ring is 1. The molecule has 1 amide bonds. The first-order valence-electron chi connectivity index (χ1n) is 5.94. The number of rotatable bonds is 6. The van der Waals surface area contributed by atoms with Crippen LogP contribution >= 0.6 is 0 Å². The van der Waals surface area contributed by atoms with Crippen LogP contribution in [0, 0.1) is 5.82 Å². The van der Waals surface area contributed by atoms with E-state index in [9.17, 15) is 9.18 Å². The molecule has 6 heteroatoms. The number of nitrogens with two attached hydrogens (primary N) is 1. The van der Waals surface area contributed by atoms with Gasteiger partial charge in [-0.25, -0.2) is 4.39 Å². The number of anilines is 2. The van der Waals surface area contributed by atoms with Crippen molar-refractivity contribution in [1.82, 2.24) is 0 Å². The second kappa shape index (κ2) is 7.06. The molecule has 0 aliphatic rings. The molecule has 0 radical (unpaired) electrons. The van der Waals surface area contributed by atoms with Crippen molar-refractivity contribution >= 4 is 17.3 Å². The standard InChI is InChI=1S/C13H19FN2O3/c1-8(7-18-3)19-9(2)13(17)16-12-6-10(15)4-5-11(12)14/h4-6,8-9H,7,15H2,1-3H3,(H,16,17). The maximum atomic E-state index is 13.4. The molecule has 0 aromatic heterocycles. The first kappa shape index (κ1) is 15.4. The van der Waals surface area contributed by atoms with E-state index in [1.165, 1.54) is 18.2 Å². The molecule has 5 nitrogen and oxygen atoms in total. The smallest absolute Gasteiger partial charge is 0.253 e. The number of carbonyl (C=O) groups excluding carboxylic acids is 1. The summed E-state index contributed by atoms with van der Waals surface area (Å²) in [7, 11) is 1.55. The molecule has 0 fully saturated rings. The van der Waals surface area contributed by atoms with Crippen LogP contribution in [0.5, 0.6) is 0 Å². The maximum absolute atomic E-state index is 13.4. The van der Waals surface area contributed by atoms with Gasteiger partial charge in [0.25, 0.3) is 5.91 Å². The molecule has 0 heterocycles. The summed E-state index contributed by atoms with van der Waals surface area (Å²) in [6, 6.07) is 3.98.